The third-order valence-corrected chi connectivity index (χ3v) is 1.34. The van der Waals surface area contributed by atoms with E-state index in [4.69, 9.17) is 0 Å². The summed E-state index contributed by atoms with van der Waals surface area (Å²) in [5.41, 5.74) is 2.55. The molecule has 0 atom stereocenters. The second kappa shape index (κ2) is 2.13. The average molecular weight is 142 g/mol. The van der Waals surface area contributed by atoms with Crippen LogP contribution in [-0.2, 0) is 9.59 Å². The van der Waals surface area contributed by atoms with Crippen LogP contribution < -0.4 is 5.43 Å². The first-order valence-electron chi connectivity index (χ1n) is 2.92. The van der Waals surface area contributed by atoms with E-state index >= 15 is 0 Å². The predicted molar refractivity (Wildman–Crippen MR) is 36.8 cm³/mol. The van der Waals surface area contributed by atoms with Crippen molar-refractivity contribution < 1.29 is 11.0 Å². The maximum atomic E-state index is 10.9. The van der Waals surface area contributed by atoms with Gasteiger partial charge in [0.25, 0.3) is 11.8 Å². The highest BCUT2D eigenvalue weighted by Crippen LogP contribution is 2.05. The van der Waals surface area contributed by atoms with Crippen molar-refractivity contribution in [1.29, 1.82) is 0 Å². The van der Waals surface area contributed by atoms with Gasteiger partial charge in [0.1, 0.15) is 5.57 Å². The molecular weight excluding hydrogens is 132 g/mol. The molecule has 0 saturated carbocycles. The quantitative estimate of drug-likeness (QED) is 0.372. The second-order valence-electron chi connectivity index (χ2n) is 2.01. The molecule has 0 bridgehead atoms. The zero-order chi connectivity index (χ0) is 7.72. The first-order chi connectivity index (χ1) is 4.66. The van der Waals surface area contributed by atoms with Gasteiger partial charge in [0.15, 0.2) is 0 Å². The van der Waals surface area contributed by atoms with Gasteiger partial charge in [-0.15, -0.1) is 0 Å². The Kier molecular flexibility index (Phi) is 1.45. The molecule has 0 aromatic carbocycles. The van der Waals surface area contributed by atoms with Crippen LogP contribution in [0.15, 0.2) is 11.6 Å². The number of carbonyl (C=O) groups excluding carboxylic acids is 2. The van der Waals surface area contributed by atoms with E-state index < -0.39 is 0 Å². The Labute approximate surface area is 60.0 Å². The summed E-state index contributed by atoms with van der Waals surface area (Å²) in [4.78, 5) is 21.7. The van der Waals surface area contributed by atoms with E-state index in [-0.39, 0.29) is 18.8 Å². The maximum absolute atomic E-state index is 10.9. The summed E-state index contributed by atoms with van der Waals surface area (Å²) in [5.74, 6) is -0.595. The third kappa shape index (κ3) is 0.775. The normalized spacial score (nSPS) is 22.2. The molecule has 4 nitrogen and oxygen atoms in total. The van der Waals surface area contributed by atoms with Gasteiger partial charge in [0.2, 0.25) is 0 Å². The predicted octanol–water partition coefficient (Wildman–Crippen LogP) is -0.318. The molecule has 4 heteroatoms. The highest BCUT2D eigenvalue weighted by Gasteiger charge is 2.29. The van der Waals surface area contributed by atoms with Crippen LogP contribution >= 0.6 is 0 Å². The van der Waals surface area contributed by atoms with Gasteiger partial charge in [-0.2, -0.15) is 0 Å². The molecule has 0 aromatic heterocycles. The lowest BCUT2D eigenvalue weighted by Gasteiger charge is -2.03. The summed E-state index contributed by atoms with van der Waals surface area (Å²) in [5, 5.41) is 1.16. The van der Waals surface area contributed by atoms with E-state index in [1.54, 1.807) is 6.92 Å². The van der Waals surface area contributed by atoms with Crippen LogP contribution in [-0.4, -0.2) is 23.9 Å². The fraction of sp³-hybridized carbons (Fsp3) is 0.333. The second-order valence-corrected chi connectivity index (χ2v) is 2.01. The molecular formula is C6H10N2O2. The smallest absolute Gasteiger partial charge is 0.267 e. The maximum Gasteiger partial charge on any atom is 0.277 e. The van der Waals surface area contributed by atoms with Crippen molar-refractivity contribution in [3.8, 4) is 0 Å². The monoisotopic (exact) mass is 142 g/mol. The number of rotatable bonds is 0. The van der Waals surface area contributed by atoms with Crippen molar-refractivity contribution in [2.45, 2.75) is 6.92 Å². The number of nitrogens with zero attached hydrogens (tertiary/aromatic N) is 1. The molecule has 1 aliphatic heterocycles. The Bertz CT molecular complexity index is 225. The Morgan fingerprint density at radius 1 is 1.60 bits per heavy atom. The van der Waals surface area contributed by atoms with Gasteiger partial charge in [-0.3, -0.25) is 20.0 Å². The molecule has 56 valence electrons. The minimum absolute atomic E-state index is 0. The van der Waals surface area contributed by atoms with E-state index in [2.05, 4.69) is 5.43 Å². The first kappa shape index (κ1) is 6.80. The lowest BCUT2D eigenvalue weighted by Crippen LogP contribution is -2.31. The van der Waals surface area contributed by atoms with Crippen LogP contribution in [0.5, 0.6) is 0 Å². The highest BCUT2D eigenvalue weighted by molar-refractivity contribution is 6.22. The summed E-state index contributed by atoms with van der Waals surface area (Å²) in [7, 11) is 1.51. The van der Waals surface area contributed by atoms with E-state index in [1.807, 2.05) is 0 Å². The van der Waals surface area contributed by atoms with Crippen LogP contribution in [0.4, 0.5) is 0 Å². The van der Waals surface area contributed by atoms with Gasteiger partial charge in [0, 0.05) is 8.47 Å². The summed E-state index contributed by atoms with van der Waals surface area (Å²) in [6.07, 6.45) is 1.50. The van der Waals surface area contributed by atoms with Gasteiger partial charge < -0.3 is 0 Å². The molecule has 0 radical (unpaired) electrons. The molecule has 1 heterocycles. The van der Waals surface area contributed by atoms with Gasteiger partial charge in [-0.05, 0) is 6.92 Å². The molecule has 2 amide bonds. The van der Waals surface area contributed by atoms with E-state index in [1.165, 1.54) is 13.1 Å². The van der Waals surface area contributed by atoms with Gasteiger partial charge >= 0.3 is 0 Å². The van der Waals surface area contributed by atoms with Crippen LogP contribution in [0.25, 0.3) is 0 Å². The average Bonchev–Trinajstić information content (AvgIpc) is 2.09. The minimum Gasteiger partial charge on any atom is -0.267 e. The molecule has 1 fully saturated rings. The zero-order valence-electron chi connectivity index (χ0n) is 5.84. The molecule has 1 saturated heterocycles. The van der Waals surface area contributed by atoms with Crippen molar-refractivity contribution in [1.82, 2.24) is 10.4 Å². The fourth-order valence-corrected chi connectivity index (χ4v) is 0.796. The Morgan fingerprint density at radius 2 is 2.20 bits per heavy atom. The molecule has 10 heavy (non-hydrogen) atoms. The van der Waals surface area contributed by atoms with Gasteiger partial charge in [-0.1, -0.05) is 6.08 Å². The lowest BCUT2D eigenvalue weighted by molar-refractivity contribution is -0.126. The Hall–Kier alpha value is -1.32. The Balaban J connectivity index is 0.000001000. The highest BCUT2D eigenvalue weighted by atomic mass is 16.2. The van der Waals surface area contributed by atoms with Crippen molar-refractivity contribution in [2.75, 3.05) is 7.05 Å². The Morgan fingerprint density at radius 3 is 2.40 bits per heavy atom. The molecule has 1 rings (SSSR count). The van der Waals surface area contributed by atoms with Crippen LogP contribution in [0.1, 0.15) is 8.35 Å². The summed E-state index contributed by atoms with van der Waals surface area (Å²) < 4.78 is 0. The minimum atomic E-state index is -0.324. The number of allylic oxidation sites excluding steroid dienone is 1. The van der Waals surface area contributed by atoms with Gasteiger partial charge in [-0.25, -0.2) is 0 Å². The van der Waals surface area contributed by atoms with Crippen molar-refractivity contribution >= 4 is 11.8 Å². The number of nitrogens with one attached hydrogen (secondary N) is 1. The van der Waals surface area contributed by atoms with Crippen molar-refractivity contribution in [3.05, 3.63) is 11.6 Å². The molecule has 1 N–H and O–H groups in total. The summed E-state index contributed by atoms with van der Waals surface area (Å²) >= 11 is 0. The van der Waals surface area contributed by atoms with Crippen LogP contribution in [0.3, 0.4) is 0 Å². The number of hydrazine groups is 1. The largest absolute Gasteiger partial charge is 0.277 e. The van der Waals surface area contributed by atoms with E-state index in [9.17, 15) is 9.59 Å². The number of carbonyl (C=O) groups is 2. The number of hydrogen-bond donors (Lipinski definition) is 1. The van der Waals surface area contributed by atoms with Crippen molar-refractivity contribution in [2.24, 2.45) is 0 Å². The number of hydrogen-bond acceptors (Lipinski definition) is 2. The standard InChI is InChI=1S/C6H8N2O2.H2/c1-3-4-5(9)7-8(2)6(4)10;/h3H,1-2H3,(H,7,9);1H/b4-3+;. The topological polar surface area (TPSA) is 49.4 Å². The number of likely N-dealkylation sites (N-methyl/N-ethyl adjacent to an activating group) is 1. The molecule has 0 aromatic rings. The van der Waals surface area contributed by atoms with E-state index in [0.717, 1.165) is 5.01 Å². The SMILES string of the molecule is C/C=C1\C(=O)NN(C)C1=O.[HH]. The van der Waals surface area contributed by atoms with E-state index in [0.29, 0.717) is 0 Å². The summed E-state index contributed by atoms with van der Waals surface area (Å²) in [6.45, 7) is 1.66. The molecule has 0 spiro atoms. The first-order valence-corrected chi connectivity index (χ1v) is 2.92. The zero-order valence-corrected chi connectivity index (χ0v) is 5.84. The molecule has 1 aliphatic rings. The molecule has 0 aliphatic carbocycles. The lowest BCUT2D eigenvalue weighted by atomic mass is 10.2. The third-order valence-electron chi connectivity index (χ3n) is 1.34. The van der Waals surface area contributed by atoms with Crippen molar-refractivity contribution in [3.63, 3.8) is 0 Å². The van der Waals surface area contributed by atoms with Crippen LogP contribution in [0, 0.1) is 0 Å². The molecule has 0 unspecified atom stereocenters. The van der Waals surface area contributed by atoms with Crippen LogP contribution in [0.2, 0.25) is 0 Å². The van der Waals surface area contributed by atoms with Gasteiger partial charge in [0.05, 0.1) is 0 Å². The fourth-order valence-electron chi connectivity index (χ4n) is 0.796. The summed E-state index contributed by atoms with van der Waals surface area (Å²) in [6, 6.07) is 0. The number of amides is 2.